The summed E-state index contributed by atoms with van der Waals surface area (Å²) in [6.07, 6.45) is 3.92. The van der Waals surface area contributed by atoms with Crippen molar-refractivity contribution in [2.75, 3.05) is 12.4 Å². The Morgan fingerprint density at radius 1 is 0.909 bits per heavy atom. The smallest absolute Gasteiger partial charge is 0.337 e. The summed E-state index contributed by atoms with van der Waals surface area (Å²) in [5.41, 5.74) is 3.30. The molecule has 1 N–H and O–H groups in total. The van der Waals surface area contributed by atoms with Crippen LogP contribution < -0.4 is 5.32 Å². The number of carbonyl (C=O) groups is 2. The Morgan fingerprint density at radius 3 is 1.86 bits per heavy atom. The van der Waals surface area contributed by atoms with Crippen molar-refractivity contribution in [3.8, 4) is 0 Å². The number of anilines is 1. The average molecular weight is 295 g/mol. The lowest BCUT2D eigenvalue weighted by molar-refractivity contribution is -0.114. The zero-order valence-corrected chi connectivity index (χ0v) is 12.5. The van der Waals surface area contributed by atoms with Gasteiger partial charge in [0.05, 0.1) is 12.7 Å². The molecule has 0 saturated heterocycles. The summed E-state index contributed by atoms with van der Waals surface area (Å²) < 4.78 is 4.66. The van der Waals surface area contributed by atoms with Gasteiger partial charge in [0, 0.05) is 12.6 Å². The van der Waals surface area contributed by atoms with Crippen molar-refractivity contribution in [3.63, 3.8) is 0 Å². The maximum atomic E-state index is 11.3. The van der Waals surface area contributed by atoms with E-state index in [1.54, 1.807) is 12.1 Å². The lowest BCUT2D eigenvalue weighted by atomic mass is 10.1. The zero-order valence-electron chi connectivity index (χ0n) is 12.5. The second-order valence-corrected chi connectivity index (χ2v) is 4.75. The molecule has 0 radical (unpaired) electrons. The van der Waals surface area contributed by atoms with Crippen LogP contribution in [0.5, 0.6) is 0 Å². The van der Waals surface area contributed by atoms with Crippen molar-refractivity contribution in [1.29, 1.82) is 0 Å². The van der Waals surface area contributed by atoms with Crippen LogP contribution in [0.4, 0.5) is 5.69 Å². The molecular weight excluding hydrogens is 278 g/mol. The quantitative estimate of drug-likeness (QED) is 0.692. The molecule has 0 heterocycles. The molecule has 2 aromatic carbocycles. The van der Waals surface area contributed by atoms with Gasteiger partial charge in [-0.05, 0) is 35.4 Å². The molecule has 2 rings (SSSR count). The molecule has 0 unspecified atom stereocenters. The van der Waals surface area contributed by atoms with Gasteiger partial charge in [-0.3, -0.25) is 4.79 Å². The third kappa shape index (κ3) is 4.31. The fraction of sp³-hybridized carbons (Fsp3) is 0.111. The summed E-state index contributed by atoms with van der Waals surface area (Å²) in [7, 11) is 1.36. The summed E-state index contributed by atoms with van der Waals surface area (Å²) in [6, 6.07) is 14.7. The minimum Gasteiger partial charge on any atom is -0.465 e. The first kappa shape index (κ1) is 15.5. The van der Waals surface area contributed by atoms with E-state index in [2.05, 4.69) is 10.1 Å². The number of methoxy groups -OCH3 is 1. The van der Waals surface area contributed by atoms with E-state index in [4.69, 9.17) is 0 Å². The molecule has 0 aromatic heterocycles. The lowest BCUT2D eigenvalue weighted by Gasteiger charge is -2.02. The summed E-state index contributed by atoms with van der Waals surface area (Å²) in [5, 5.41) is 2.72. The van der Waals surface area contributed by atoms with Gasteiger partial charge in [-0.25, -0.2) is 4.79 Å². The average Bonchev–Trinajstić information content (AvgIpc) is 2.53. The Morgan fingerprint density at radius 2 is 1.41 bits per heavy atom. The fourth-order valence-corrected chi connectivity index (χ4v) is 1.92. The summed E-state index contributed by atoms with van der Waals surface area (Å²) in [6.45, 7) is 1.48. The third-order valence-electron chi connectivity index (χ3n) is 3.03. The van der Waals surface area contributed by atoms with Gasteiger partial charge in [0.2, 0.25) is 5.91 Å². The molecule has 0 aliphatic carbocycles. The van der Waals surface area contributed by atoms with Crippen LogP contribution in [-0.2, 0) is 9.53 Å². The molecule has 0 bridgehead atoms. The zero-order chi connectivity index (χ0) is 15.9. The SMILES string of the molecule is COC(=O)c1ccc(/C=C/c2ccc(NC(C)=O)cc2)cc1. The molecule has 0 aliphatic rings. The highest BCUT2D eigenvalue weighted by Gasteiger charge is 2.03. The lowest BCUT2D eigenvalue weighted by Crippen LogP contribution is -2.05. The third-order valence-corrected chi connectivity index (χ3v) is 3.03. The minimum atomic E-state index is -0.343. The Balaban J connectivity index is 2.05. The van der Waals surface area contributed by atoms with Crippen molar-refractivity contribution in [3.05, 3.63) is 65.2 Å². The van der Waals surface area contributed by atoms with Crippen LogP contribution in [0.2, 0.25) is 0 Å². The van der Waals surface area contributed by atoms with Crippen LogP contribution in [0.15, 0.2) is 48.5 Å². The Hall–Kier alpha value is -2.88. The molecule has 2 aromatic rings. The standard InChI is InChI=1S/C18H17NO3/c1-13(20)19-17-11-7-15(8-12-17)4-3-14-5-9-16(10-6-14)18(21)22-2/h3-12H,1-2H3,(H,19,20)/b4-3+. The van der Waals surface area contributed by atoms with Crippen LogP contribution in [0, 0.1) is 0 Å². The summed E-state index contributed by atoms with van der Waals surface area (Å²) in [5.74, 6) is -0.432. The highest BCUT2D eigenvalue weighted by Crippen LogP contribution is 2.13. The number of rotatable bonds is 4. The molecule has 0 fully saturated rings. The van der Waals surface area contributed by atoms with Crippen molar-refractivity contribution >= 4 is 29.7 Å². The van der Waals surface area contributed by atoms with Crippen LogP contribution >= 0.6 is 0 Å². The number of amides is 1. The molecule has 1 amide bonds. The summed E-state index contributed by atoms with van der Waals surface area (Å²) >= 11 is 0. The van der Waals surface area contributed by atoms with Gasteiger partial charge < -0.3 is 10.1 Å². The maximum Gasteiger partial charge on any atom is 0.337 e. The predicted molar refractivity (Wildman–Crippen MR) is 87.5 cm³/mol. The van der Waals surface area contributed by atoms with E-state index < -0.39 is 0 Å². The van der Waals surface area contributed by atoms with Crippen molar-refractivity contribution in [2.45, 2.75) is 6.92 Å². The predicted octanol–water partition coefficient (Wildman–Crippen LogP) is 3.60. The van der Waals surface area contributed by atoms with Gasteiger partial charge in [-0.1, -0.05) is 36.4 Å². The molecule has 4 heteroatoms. The highest BCUT2D eigenvalue weighted by atomic mass is 16.5. The van der Waals surface area contributed by atoms with Crippen LogP contribution in [0.1, 0.15) is 28.4 Å². The number of hydrogen-bond donors (Lipinski definition) is 1. The molecule has 22 heavy (non-hydrogen) atoms. The number of benzene rings is 2. The van der Waals surface area contributed by atoms with Crippen LogP contribution in [0.3, 0.4) is 0 Å². The number of ether oxygens (including phenoxy) is 1. The molecular formula is C18H17NO3. The Labute approximate surface area is 129 Å². The van der Waals surface area contributed by atoms with Crippen molar-refractivity contribution in [2.24, 2.45) is 0 Å². The first-order chi connectivity index (χ1) is 10.6. The van der Waals surface area contributed by atoms with Crippen molar-refractivity contribution in [1.82, 2.24) is 0 Å². The number of esters is 1. The molecule has 112 valence electrons. The van der Waals surface area contributed by atoms with Gasteiger partial charge >= 0.3 is 5.97 Å². The summed E-state index contributed by atoms with van der Waals surface area (Å²) in [4.78, 5) is 22.3. The first-order valence-electron chi connectivity index (χ1n) is 6.82. The van der Waals surface area contributed by atoms with Crippen molar-refractivity contribution < 1.29 is 14.3 Å². The van der Waals surface area contributed by atoms with Gasteiger partial charge in [0.25, 0.3) is 0 Å². The topological polar surface area (TPSA) is 55.4 Å². The molecule has 0 atom stereocenters. The number of hydrogen-bond acceptors (Lipinski definition) is 3. The van der Waals surface area contributed by atoms with E-state index in [9.17, 15) is 9.59 Å². The molecule has 0 aliphatic heterocycles. The van der Waals surface area contributed by atoms with Gasteiger partial charge in [0.1, 0.15) is 0 Å². The molecule has 4 nitrogen and oxygen atoms in total. The number of carbonyl (C=O) groups excluding carboxylic acids is 2. The van der Waals surface area contributed by atoms with E-state index in [1.165, 1.54) is 14.0 Å². The fourth-order valence-electron chi connectivity index (χ4n) is 1.92. The van der Waals surface area contributed by atoms with Gasteiger partial charge in [-0.2, -0.15) is 0 Å². The molecule has 0 spiro atoms. The highest BCUT2D eigenvalue weighted by molar-refractivity contribution is 5.90. The van der Waals surface area contributed by atoms with E-state index >= 15 is 0 Å². The minimum absolute atomic E-state index is 0.0889. The van der Waals surface area contributed by atoms with E-state index in [0.717, 1.165) is 16.8 Å². The normalized spacial score (nSPS) is 10.5. The van der Waals surface area contributed by atoms with Crippen LogP contribution in [0.25, 0.3) is 12.2 Å². The molecule has 0 saturated carbocycles. The van der Waals surface area contributed by atoms with E-state index in [1.807, 2.05) is 48.6 Å². The monoisotopic (exact) mass is 295 g/mol. The van der Waals surface area contributed by atoms with Crippen LogP contribution in [-0.4, -0.2) is 19.0 Å². The number of nitrogens with one attached hydrogen (secondary N) is 1. The first-order valence-corrected chi connectivity index (χ1v) is 6.82. The van der Waals surface area contributed by atoms with Gasteiger partial charge in [0.15, 0.2) is 0 Å². The second kappa shape index (κ2) is 7.22. The maximum absolute atomic E-state index is 11.3. The second-order valence-electron chi connectivity index (χ2n) is 4.75. The largest absolute Gasteiger partial charge is 0.465 e. The Kier molecular flexibility index (Phi) is 5.09. The van der Waals surface area contributed by atoms with E-state index in [0.29, 0.717) is 5.56 Å². The van der Waals surface area contributed by atoms with Gasteiger partial charge in [-0.15, -0.1) is 0 Å². The van der Waals surface area contributed by atoms with E-state index in [-0.39, 0.29) is 11.9 Å². The Bertz CT molecular complexity index is 685.